The Balaban J connectivity index is 1.70. The number of ether oxygens (including phenoxy) is 1. The Labute approximate surface area is 174 Å². The fourth-order valence-corrected chi connectivity index (χ4v) is 2.93. The molecular weight excluding hydrogens is 382 g/mol. The fraction of sp³-hybridized carbons (Fsp3) is 0.227. The van der Waals surface area contributed by atoms with Gasteiger partial charge in [-0.1, -0.05) is 38.1 Å². The highest BCUT2D eigenvalue weighted by Crippen LogP contribution is 2.19. The van der Waals surface area contributed by atoms with Crippen LogP contribution < -0.4 is 21.1 Å². The molecule has 0 atom stereocenters. The Morgan fingerprint density at radius 1 is 1.07 bits per heavy atom. The molecule has 3 aromatic rings. The van der Waals surface area contributed by atoms with Gasteiger partial charge in [0.1, 0.15) is 17.3 Å². The van der Waals surface area contributed by atoms with Crippen LogP contribution in [0.25, 0.3) is 0 Å². The number of methoxy groups -OCH3 is 1. The molecule has 8 nitrogen and oxygen atoms in total. The zero-order valence-corrected chi connectivity index (χ0v) is 17.2. The van der Waals surface area contributed by atoms with E-state index in [0.717, 1.165) is 11.3 Å². The van der Waals surface area contributed by atoms with Crippen molar-refractivity contribution in [2.24, 2.45) is 5.73 Å². The van der Waals surface area contributed by atoms with Gasteiger partial charge in [-0.25, -0.2) is 9.78 Å². The van der Waals surface area contributed by atoms with Crippen molar-refractivity contribution in [3.8, 4) is 5.75 Å². The van der Waals surface area contributed by atoms with E-state index in [4.69, 9.17) is 10.5 Å². The quantitative estimate of drug-likeness (QED) is 0.475. The third-order valence-corrected chi connectivity index (χ3v) is 4.60. The molecule has 2 aromatic carbocycles. The number of carbonyl (C=O) groups is 2. The highest BCUT2D eigenvalue weighted by atomic mass is 16.5. The van der Waals surface area contributed by atoms with Gasteiger partial charge in [-0.3, -0.25) is 10.1 Å². The molecule has 0 aliphatic rings. The molecule has 3 rings (SSSR count). The molecule has 30 heavy (non-hydrogen) atoms. The highest BCUT2D eigenvalue weighted by molar-refractivity contribution is 6.04. The minimum atomic E-state index is -0.708. The van der Waals surface area contributed by atoms with Crippen LogP contribution in [0.1, 0.15) is 47.2 Å². The van der Waals surface area contributed by atoms with Crippen molar-refractivity contribution in [1.29, 1.82) is 0 Å². The van der Waals surface area contributed by atoms with Crippen LogP contribution in [-0.4, -0.2) is 29.0 Å². The van der Waals surface area contributed by atoms with Crippen molar-refractivity contribution in [1.82, 2.24) is 9.97 Å². The summed E-state index contributed by atoms with van der Waals surface area (Å²) in [6, 6.07) is 14.5. The van der Waals surface area contributed by atoms with E-state index in [1.807, 2.05) is 48.5 Å². The first-order chi connectivity index (χ1) is 14.4. The van der Waals surface area contributed by atoms with Crippen LogP contribution in [0.5, 0.6) is 5.75 Å². The van der Waals surface area contributed by atoms with Gasteiger partial charge < -0.3 is 20.8 Å². The predicted octanol–water partition coefficient (Wildman–Crippen LogP) is 3.88. The molecule has 0 bridgehead atoms. The van der Waals surface area contributed by atoms with Crippen molar-refractivity contribution in [2.75, 3.05) is 17.7 Å². The molecular formula is C22H25N5O3. The van der Waals surface area contributed by atoms with Crippen molar-refractivity contribution in [3.63, 3.8) is 0 Å². The summed E-state index contributed by atoms with van der Waals surface area (Å²) >= 11 is 0. The van der Waals surface area contributed by atoms with Gasteiger partial charge in [0.05, 0.1) is 7.11 Å². The number of aromatic nitrogens is 2. The van der Waals surface area contributed by atoms with Crippen LogP contribution in [0.2, 0.25) is 0 Å². The van der Waals surface area contributed by atoms with Gasteiger partial charge in [0.25, 0.3) is 5.91 Å². The molecule has 156 valence electrons. The summed E-state index contributed by atoms with van der Waals surface area (Å²) in [6.45, 7) is 4.20. The number of nitrogens with one attached hydrogen (secondary N) is 3. The first kappa shape index (κ1) is 20.9. The number of urea groups is 1. The minimum Gasteiger partial charge on any atom is -0.497 e. The Morgan fingerprint density at radius 2 is 1.73 bits per heavy atom. The second-order valence-corrected chi connectivity index (χ2v) is 7.15. The zero-order chi connectivity index (χ0) is 21.7. The number of benzene rings is 2. The van der Waals surface area contributed by atoms with E-state index in [9.17, 15) is 9.59 Å². The van der Waals surface area contributed by atoms with Crippen LogP contribution in [0.3, 0.4) is 0 Å². The van der Waals surface area contributed by atoms with E-state index >= 15 is 0 Å². The van der Waals surface area contributed by atoms with E-state index in [1.165, 1.54) is 5.56 Å². The Hall–Kier alpha value is -3.81. The van der Waals surface area contributed by atoms with Crippen LogP contribution >= 0.6 is 0 Å². The molecule has 0 saturated heterocycles. The molecule has 0 spiro atoms. The Kier molecular flexibility index (Phi) is 6.36. The molecule has 0 fully saturated rings. The van der Waals surface area contributed by atoms with Crippen molar-refractivity contribution >= 4 is 23.4 Å². The SMILES string of the molecule is COc1ccc(Cc2nc(NC(=O)Nc3ccc(C(C)C)cc3)c(C(N)=O)[nH]2)cc1. The van der Waals surface area contributed by atoms with Crippen molar-refractivity contribution < 1.29 is 14.3 Å². The lowest BCUT2D eigenvalue weighted by atomic mass is 10.0. The van der Waals surface area contributed by atoms with Crippen LogP contribution in [-0.2, 0) is 6.42 Å². The maximum Gasteiger partial charge on any atom is 0.324 e. The number of nitrogens with zero attached hydrogens (tertiary/aromatic N) is 1. The topological polar surface area (TPSA) is 122 Å². The van der Waals surface area contributed by atoms with Gasteiger partial charge in [0.15, 0.2) is 5.82 Å². The van der Waals surface area contributed by atoms with E-state index in [1.54, 1.807) is 7.11 Å². The number of hydrogen-bond donors (Lipinski definition) is 4. The number of amides is 3. The average molecular weight is 407 g/mol. The largest absolute Gasteiger partial charge is 0.497 e. The zero-order valence-electron chi connectivity index (χ0n) is 17.2. The van der Waals surface area contributed by atoms with Gasteiger partial charge in [-0.2, -0.15) is 0 Å². The Morgan fingerprint density at radius 3 is 2.30 bits per heavy atom. The first-order valence-electron chi connectivity index (χ1n) is 9.55. The number of imidazole rings is 1. The lowest BCUT2D eigenvalue weighted by Crippen LogP contribution is -2.22. The summed E-state index contributed by atoms with van der Waals surface area (Å²) in [5, 5.41) is 5.31. The monoisotopic (exact) mass is 407 g/mol. The molecule has 1 aromatic heterocycles. The maximum absolute atomic E-state index is 12.4. The van der Waals surface area contributed by atoms with Gasteiger partial charge in [0.2, 0.25) is 0 Å². The molecule has 8 heteroatoms. The second-order valence-electron chi connectivity index (χ2n) is 7.15. The summed E-state index contributed by atoms with van der Waals surface area (Å²) in [5.41, 5.74) is 8.24. The van der Waals surface area contributed by atoms with Crippen LogP contribution in [0.15, 0.2) is 48.5 Å². The molecule has 1 heterocycles. The second kappa shape index (κ2) is 9.13. The van der Waals surface area contributed by atoms with E-state index < -0.39 is 11.9 Å². The first-order valence-corrected chi connectivity index (χ1v) is 9.55. The Bertz CT molecular complexity index is 1020. The van der Waals surface area contributed by atoms with Crippen LogP contribution in [0, 0.1) is 0 Å². The number of hydrogen-bond acceptors (Lipinski definition) is 4. The molecule has 0 radical (unpaired) electrons. The molecule has 5 N–H and O–H groups in total. The minimum absolute atomic E-state index is 0.0452. The van der Waals surface area contributed by atoms with Gasteiger partial charge in [0, 0.05) is 12.1 Å². The summed E-state index contributed by atoms with van der Waals surface area (Å²) in [7, 11) is 1.60. The lowest BCUT2D eigenvalue weighted by Gasteiger charge is -2.09. The summed E-state index contributed by atoms with van der Waals surface area (Å²) < 4.78 is 5.15. The van der Waals surface area contributed by atoms with Gasteiger partial charge in [-0.15, -0.1) is 0 Å². The molecule has 3 amide bonds. The molecule has 0 saturated carbocycles. The lowest BCUT2D eigenvalue weighted by molar-refractivity contribution is 0.0997. The number of anilines is 2. The number of carbonyl (C=O) groups excluding carboxylic acids is 2. The normalized spacial score (nSPS) is 10.7. The standard InChI is InChI=1S/C22H25N5O3/c1-13(2)15-6-8-16(9-7-15)24-22(29)27-21-19(20(23)28)25-18(26-21)12-14-4-10-17(30-3)11-5-14/h4-11,13H,12H2,1-3H3,(H2,23,28)(H,25,26)(H2,24,27,29). The highest BCUT2D eigenvalue weighted by Gasteiger charge is 2.17. The number of nitrogens with two attached hydrogens (primary N) is 1. The number of rotatable bonds is 7. The fourth-order valence-electron chi connectivity index (χ4n) is 2.93. The average Bonchev–Trinajstić information content (AvgIpc) is 3.11. The molecule has 0 unspecified atom stereocenters. The van der Waals surface area contributed by atoms with Crippen molar-refractivity contribution in [3.05, 3.63) is 71.2 Å². The molecule has 0 aliphatic carbocycles. The summed E-state index contributed by atoms with van der Waals surface area (Å²) in [4.78, 5) is 31.4. The van der Waals surface area contributed by atoms with Crippen LogP contribution in [0.4, 0.5) is 16.3 Å². The number of aromatic amines is 1. The van der Waals surface area contributed by atoms with E-state index in [2.05, 4.69) is 34.4 Å². The predicted molar refractivity (Wildman–Crippen MR) is 116 cm³/mol. The molecule has 0 aliphatic heterocycles. The third kappa shape index (κ3) is 5.16. The summed E-state index contributed by atoms with van der Waals surface area (Å²) in [6.07, 6.45) is 0.435. The summed E-state index contributed by atoms with van der Waals surface area (Å²) in [5.74, 6) is 1.03. The van der Waals surface area contributed by atoms with Crippen molar-refractivity contribution in [2.45, 2.75) is 26.2 Å². The third-order valence-electron chi connectivity index (χ3n) is 4.60. The van der Waals surface area contributed by atoms with Gasteiger partial charge >= 0.3 is 6.03 Å². The maximum atomic E-state index is 12.4. The smallest absolute Gasteiger partial charge is 0.324 e. The number of H-pyrrole nitrogens is 1. The number of primary amides is 1. The van der Waals surface area contributed by atoms with Gasteiger partial charge in [-0.05, 0) is 41.3 Å². The van der Waals surface area contributed by atoms with E-state index in [0.29, 0.717) is 23.9 Å². The van der Waals surface area contributed by atoms with E-state index in [-0.39, 0.29) is 11.5 Å².